The Bertz CT molecular complexity index is 1290. The fourth-order valence-electron chi connectivity index (χ4n) is 4.19. The van der Waals surface area contributed by atoms with Crippen LogP contribution in [0.25, 0.3) is 11.0 Å². The van der Waals surface area contributed by atoms with E-state index in [1.54, 1.807) is 28.4 Å². The van der Waals surface area contributed by atoms with Crippen LogP contribution in [-0.4, -0.2) is 24.5 Å². The fourth-order valence-corrected chi connectivity index (χ4v) is 5.10. The van der Waals surface area contributed by atoms with Gasteiger partial charge in [0.15, 0.2) is 17.1 Å². The zero-order valence-electron chi connectivity index (χ0n) is 17.0. The lowest BCUT2D eigenvalue weighted by Crippen LogP contribution is -2.40. The van der Waals surface area contributed by atoms with Crippen molar-refractivity contribution in [1.82, 2.24) is 4.90 Å². The number of benzene rings is 2. The minimum absolute atomic E-state index is 0.167. The van der Waals surface area contributed by atoms with Gasteiger partial charge in [-0.2, -0.15) is 13.2 Å². The van der Waals surface area contributed by atoms with Crippen molar-refractivity contribution in [1.29, 1.82) is 0 Å². The largest absolute Gasteiger partial charge is 0.493 e. The molecule has 1 atom stereocenters. The minimum atomic E-state index is -4.42. The second-order valence-corrected chi connectivity index (χ2v) is 8.56. The third-order valence-electron chi connectivity index (χ3n) is 5.72. The predicted molar refractivity (Wildman–Crippen MR) is 115 cm³/mol. The van der Waals surface area contributed by atoms with E-state index in [2.05, 4.69) is 0 Å². The van der Waals surface area contributed by atoms with Crippen molar-refractivity contribution in [3.05, 3.63) is 87.3 Å². The van der Waals surface area contributed by atoms with Gasteiger partial charge in [0, 0.05) is 16.8 Å². The molecule has 4 aromatic rings. The first kappa shape index (κ1) is 20.6. The SMILES string of the molecule is COc1cccc2cc(C(=O)N3CCc4sccc4C3c3ccc(C(F)(F)F)cc3)oc12. The topological polar surface area (TPSA) is 42.7 Å². The summed E-state index contributed by atoms with van der Waals surface area (Å²) in [6, 6.07) is 13.5. The molecule has 2 aromatic carbocycles. The Morgan fingerprint density at radius 1 is 1.16 bits per heavy atom. The quantitative estimate of drug-likeness (QED) is 0.362. The molecule has 0 spiro atoms. The lowest BCUT2D eigenvalue weighted by atomic mass is 9.92. The molecule has 0 saturated heterocycles. The van der Waals surface area contributed by atoms with Crippen molar-refractivity contribution in [2.24, 2.45) is 0 Å². The molecule has 8 heteroatoms. The summed E-state index contributed by atoms with van der Waals surface area (Å²) in [6.45, 7) is 0.437. The third-order valence-corrected chi connectivity index (χ3v) is 6.72. The van der Waals surface area contributed by atoms with Gasteiger partial charge in [-0.3, -0.25) is 4.79 Å². The molecule has 0 fully saturated rings. The average Bonchev–Trinajstić information content (AvgIpc) is 3.44. The van der Waals surface area contributed by atoms with Crippen LogP contribution < -0.4 is 4.74 Å². The number of carbonyl (C=O) groups is 1. The van der Waals surface area contributed by atoms with Crippen molar-refractivity contribution >= 4 is 28.2 Å². The summed E-state index contributed by atoms with van der Waals surface area (Å²) in [7, 11) is 1.53. The zero-order chi connectivity index (χ0) is 22.5. The van der Waals surface area contributed by atoms with Gasteiger partial charge in [0.2, 0.25) is 0 Å². The molecule has 0 radical (unpaired) electrons. The van der Waals surface area contributed by atoms with E-state index in [0.717, 1.165) is 28.0 Å². The van der Waals surface area contributed by atoms with Gasteiger partial charge in [-0.05, 0) is 53.3 Å². The van der Waals surface area contributed by atoms with E-state index in [9.17, 15) is 18.0 Å². The van der Waals surface area contributed by atoms with E-state index in [1.807, 2.05) is 23.6 Å². The van der Waals surface area contributed by atoms with E-state index in [0.29, 0.717) is 29.9 Å². The number of nitrogens with zero attached hydrogens (tertiary/aromatic N) is 1. The molecule has 1 aliphatic rings. The van der Waals surface area contributed by atoms with Gasteiger partial charge in [-0.1, -0.05) is 24.3 Å². The summed E-state index contributed by atoms with van der Waals surface area (Å²) in [5.74, 6) is 0.379. The van der Waals surface area contributed by atoms with Gasteiger partial charge in [0.25, 0.3) is 5.91 Å². The number of alkyl halides is 3. The Morgan fingerprint density at radius 3 is 2.66 bits per heavy atom. The number of furan rings is 1. The number of carbonyl (C=O) groups excluding carboxylic acids is 1. The van der Waals surface area contributed by atoms with Crippen molar-refractivity contribution in [3.8, 4) is 5.75 Å². The molecule has 4 nitrogen and oxygen atoms in total. The van der Waals surface area contributed by atoms with Gasteiger partial charge in [0.05, 0.1) is 18.7 Å². The number of amides is 1. The Balaban J connectivity index is 1.56. The van der Waals surface area contributed by atoms with E-state index in [4.69, 9.17) is 9.15 Å². The smallest absolute Gasteiger partial charge is 0.416 e. The summed E-state index contributed by atoms with van der Waals surface area (Å²) in [5, 5.41) is 2.69. The van der Waals surface area contributed by atoms with Crippen LogP contribution in [0.4, 0.5) is 13.2 Å². The maximum atomic E-state index is 13.5. The first-order valence-electron chi connectivity index (χ1n) is 9.98. The normalized spacial score (nSPS) is 16.2. The molecule has 0 N–H and O–H groups in total. The molecule has 1 unspecified atom stereocenters. The molecule has 3 heterocycles. The molecular weight excluding hydrogens is 439 g/mol. The van der Waals surface area contributed by atoms with Crippen LogP contribution >= 0.6 is 11.3 Å². The molecular formula is C24H18F3NO3S. The Kier molecular flexibility index (Phi) is 4.97. The lowest BCUT2D eigenvalue weighted by molar-refractivity contribution is -0.137. The summed E-state index contributed by atoms with van der Waals surface area (Å²) in [4.78, 5) is 16.3. The van der Waals surface area contributed by atoms with Crippen LogP contribution in [0.2, 0.25) is 0 Å². The van der Waals surface area contributed by atoms with E-state index in [1.165, 1.54) is 19.2 Å². The number of fused-ring (bicyclic) bond motifs is 2. The number of para-hydroxylation sites is 1. The Hall–Kier alpha value is -3.26. The number of ether oxygens (including phenoxy) is 1. The second-order valence-electron chi connectivity index (χ2n) is 7.56. The van der Waals surface area contributed by atoms with Gasteiger partial charge in [0.1, 0.15) is 0 Å². The summed E-state index contributed by atoms with van der Waals surface area (Å²) < 4.78 is 50.3. The van der Waals surface area contributed by atoms with Crippen molar-refractivity contribution in [2.75, 3.05) is 13.7 Å². The highest BCUT2D eigenvalue weighted by Crippen LogP contribution is 2.40. The number of hydrogen-bond acceptors (Lipinski definition) is 4. The van der Waals surface area contributed by atoms with Crippen LogP contribution in [-0.2, 0) is 12.6 Å². The molecule has 164 valence electrons. The minimum Gasteiger partial charge on any atom is -0.493 e. The van der Waals surface area contributed by atoms with E-state index < -0.39 is 17.8 Å². The molecule has 2 aromatic heterocycles. The zero-order valence-corrected chi connectivity index (χ0v) is 17.8. The Labute approximate surface area is 185 Å². The summed E-state index contributed by atoms with van der Waals surface area (Å²) >= 11 is 1.59. The van der Waals surface area contributed by atoms with Gasteiger partial charge >= 0.3 is 6.18 Å². The van der Waals surface area contributed by atoms with E-state index >= 15 is 0 Å². The van der Waals surface area contributed by atoms with Crippen LogP contribution in [0.1, 0.15) is 38.2 Å². The summed E-state index contributed by atoms with van der Waals surface area (Å²) in [5.41, 5.74) is 1.32. The van der Waals surface area contributed by atoms with Crippen molar-refractivity contribution in [2.45, 2.75) is 18.6 Å². The predicted octanol–water partition coefficient (Wildman–Crippen LogP) is 6.31. The van der Waals surface area contributed by atoms with Crippen molar-refractivity contribution in [3.63, 3.8) is 0 Å². The number of thiophene rings is 1. The van der Waals surface area contributed by atoms with Gasteiger partial charge < -0.3 is 14.1 Å². The van der Waals surface area contributed by atoms with Crippen LogP contribution in [0.5, 0.6) is 5.75 Å². The highest BCUT2D eigenvalue weighted by atomic mass is 32.1. The van der Waals surface area contributed by atoms with Gasteiger partial charge in [-0.25, -0.2) is 0 Å². The summed E-state index contributed by atoms with van der Waals surface area (Å²) in [6.07, 6.45) is -3.74. The fraction of sp³-hybridized carbons (Fsp3) is 0.208. The molecule has 0 bridgehead atoms. The standard InChI is InChI=1S/C24H18F3NO3S/c1-30-18-4-2-3-15-13-19(31-22(15)18)23(29)28-11-9-20-17(10-12-32-20)21(28)14-5-7-16(8-6-14)24(25,26)27/h2-8,10,12-13,21H,9,11H2,1H3. The number of methoxy groups -OCH3 is 1. The molecule has 0 saturated carbocycles. The van der Waals surface area contributed by atoms with Crippen LogP contribution in [0.15, 0.2) is 64.4 Å². The van der Waals surface area contributed by atoms with Gasteiger partial charge in [-0.15, -0.1) is 11.3 Å². The van der Waals surface area contributed by atoms with Crippen molar-refractivity contribution < 1.29 is 27.1 Å². The average molecular weight is 457 g/mol. The molecule has 1 amide bonds. The lowest BCUT2D eigenvalue weighted by Gasteiger charge is -2.36. The molecule has 1 aliphatic heterocycles. The van der Waals surface area contributed by atoms with Crippen LogP contribution in [0.3, 0.4) is 0 Å². The first-order valence-corrected chi connectivity index (χ1v) is 10.9. The third kappa shape index (κ3) is 3.44. The first-order chi connectivity index (χ1) is 15.4. The maximum absolute atomic E-state index is 13.5. The number of halogens is 3. The molecule has 5 rings (SSSR count). The number of hydrogen-bond donors (Lipinski definition) is 0. The molecule has 32 heavy (non-hydrogen) atoms. The monoisotopic (exact) mass is 457 g/mol. The number of rotatable bonds is 3. The second kappa shape index (κ2) is 7.70. The molecule has 0 aliphatic carbocycles. The highest BCUT2D eigenvalue weighted by molar-refractivity contribution is 7.10. The Morgan fingerprint density at radius 2 is 1.94 bits per heavy atom. The highest BCUT2D eigenvalue weighted by Gasteiger charge is 2.36. The maximum Gasteiger partial charge on any atom is 0.416 e. The van der Waals surface area contributed by atoms with E-state index in [-0.39, 0.29) is 11.7 Å². The van der Waals surface area contributed by atoms with Crippen LogP contribution in [0, 0.1) is 0 Å².